The van der Waals surface area contributed by atoms with Crippen LogP contribution in [0.3, 0.4) is 0 Å². The molecule has 1 fully saturated rings. The first-order chi connectivity index (χ1) is 21.0. The van der Waals surface area contributed by atoms with Gasteiger partial charge in [0.25, 0.3) is 0 Å². The minimum absolute atomic E-state index is 0.0283. The zero-order chi connectivity index (χ0) is 31.7. The lowest BCUT2D eigenvalue weighted by Crippen LogP contribution is -2.53. The number of hydrogen-bond acceptors (Lipinski definition) is 4. The van der Waals surface area contributed by atoms with E-state index >= 15 is 0 Å². The predicted octanol–water partition coefficient (Wildman–Crippen LogP) is 6.94. The van der Waals surface area contributed by atoms with Crippen molar-refractivity contribution in [1.82, 2.24) is 10.2 Å². The van der Waals surface area contributed by atoms with Gasteiger partial charge in [-0.25, -0.2) is 8.42 Å². The van der Waals surface area contributed by atoms with Crippen LogP contribution in [0.25, 0.3) is 0 Å². The lowest BCUT2D eigenvalue weighted by Gasteiger charge is -2.34. The number of benzene rings is 3. The molecule has 0 saturated heterocycles. The third kappa shape index (κ3) is 9.71. The fourth-order valence-electron chi connectivity index (χ4n) is 5.76. The Morgan fingerprint density at radius 3 is 2.32 bits per heavy atom. The summed E-state index contributed by atoms with van der Waals surface area (Å²) in [6, 6.07) is 21.6. The van der Waals surface area contributed by atoms with Gasteiger partial charge in [-0.3, -0.25) is 13.9 Å². The second-order valence-electron chi connectivity index (χ2n) is 11.6. The molecule has 3 aromatic carbocycles. The first-order valence-corrected chi connectivity index (χ1v) is 17.7. The van der Waals surface area contributed by atoms with Gasteiger partial charge in [0.2, 0.25) is 21.8 Å². The molecule has 0 aliphatic heterocycles. The highest BCUT2D eigenvalue weighted by molar-refractivity contribution is 7.92. The number of hydrogen-bond donors (Lipinski definition) is 1. The average Bonchev–Trinajstić information content (AvgIpc) is 2.99. The molecule has 1 atom stereocenters. The molecule has 0 bridgehead atoms. The van der Waals surface area contributed by atoms with E-state index in [0.717, 1.165) is 48.6 Å². The Labute approximate surface area is 271 Å². The number of nitrogens with one attached hydrogen (secondary N) is 1. The van der Waals surface area contributed by atoms with Crippen molar-refractivity contribution in [3.05, 3.63) is 99.5 Å². The van der Waals surface area contributed by atoms with Gasteiger partial charge in [0.15, 0.2) is 0 Å². The van der Waals surface area contributed by atoms with Gasteiger partial charge in [-0.2, -0.15) is 0 Å². The highest BCUT2D eigenvalue weighted by Gasteiger charge is 2.32. The van der Waals surface area contributed by atoms with Crippen molar-refractivity contribution in [2.45, 2.75) is 76.9 Å². The van der Waals surface area contributed by atoms with Gasteiger partial charge in [0, 0.05) is 37.0 Å². The standard InChI is InChI=1S/C34H41Cl2N3O4S/c1-25-11-9-14-27(21-25)24-38(32(22-26-12-5-3-6-13-26)34(41)37-29-15-7-4-8-16-29)33(40)17-10-20-39(44(2,42)43)31-23-28(35)18-19-30(31)36/h3,5-6,9,11-14,18-19,21,23,29,32H,4,7-8,10,15-17,20,22,24H2,1-2H3,(H,37,41)/t32-/m0/s1. The lowest BCUT2D eigenvalue weighted by atomic mass is 9.94. The molecule has 0 radical (unpaired) electrons. The molecule has 1 saturated carbocycles. The van der Waals surface area contributed by atoms with Crippen LogP contribution in [0.2, 0.25) is 10.0 Å². The molecule has 236 valence electrons. The van der Waals surface area contributed by atoms with E-state index in [1.54, 1.807) is 17.0 Å². The second-order valence-corrected chi connectivity index (χ2v) is 14.3. The molecule has 44 heavy (non-hydrogen) atoms. The first-order valence-electron chi connectivity index (χ1n) is 15.1. The van der Waals surface area contributed by atoms with Gasteiger partial charge in [-0.15, -0.1) is 0 Å². The maximum absolute atomic E-state index is 14.1. The van der Waals surface area contributed by atoms with Crippen LogP contribution in [0.15, 0.2) is 72.8 Å². The summed E-state index contributed by atoms with van der Waals surface area (Å²) in [5.41, 5.74) is 3.20. The number of amides is 2. The second kappa shape index (κ2) is 15.8. The van der Waals surface area contributed by atoms with Gasteiger partial charge in [-0.1, -0.05) is 103 Å². The fraction of sp³-hybridized carbons (Fsp3) is 0.412. The summed E-state index contributed by atoms with van der Waals surface area (Å²) in [6.07, 6.45) is 6.92. The monoisotopic (exact) mass is 657 g/mol. The van der Waals surface area contributed by atoms with Crippen LogP contribution in [0.4, 0.5) is 5.69 Å². The first kappa shape index (κ1) is 33.8. The number of sulfonamides is 1. The molecule has 0 spiro atoms. The molecule has 1 N–H and O–H groups in total. The molecule has 3 aromatic rings. The normalized spacial score (nSPS) is 14.5. The molecule has 10 heteroatoms. The van der Waals surface area contributed by atoms with Gasteiger partial charge < -0.3 is 10.2 Å². The Morgan fingerprint density at radius 1 is 0.932 bits per heavy atom. The molecule has 1 aliphatic rings. The number of carbonyl (C=O) groups excluding carboxylic acids is 2. The summed E-state index contributed by atoms with van der Waals surface area (Å²) in [5.74, 6) is -0.387. The zero-order valence-corrected chi connectivity index (χ0v) is 27.7. The number of anilines is 1. The van der Waals surface area contributed by atoms with Crippen LogP contribution in [0.5, 0.6) is 0 Å². The van der Waals surface area contributed by atoms with Crippen LogP contribution in [-0.4, -0.2) is 50.0 Å². The van der Waals surface area contributed by atoms with Crippen LogP contribution in [-0.2, 0) is 32.6 Å². The molecule has 1 aliphatic carbocycles. The van der Waals surface area contributed by atoms with E-state index in [2.05, 4.69) is 5.32 Å². The Hall–Kier alpha value is -3.07. The van der Waals surface area contributed by atoms with E-state index in [-0.39, 0.29) is 54.5 Å². The van der Waals surface area contributed by atoms with Crippen LogP contribution < -0.4 is 9.62 Å². The van der Waals surface area contributed by atoms with Crippen molar-refractivity contribution < 1.29 is 18.0 Å². The smallest absolute Gasteiger partial charge is 0.243 e. The predicted molar refractivity (Wildman–Crippen MR) is 179 cm³/mol. The SMILES string of the molecule is Cc1cccc(CN(C(=O)CCCN(c2cc(Cl)ccc2Cl)S(C)(=O)=O)[C@@H](Cc2ccccc2)C(=O)NC2CCCCC2)c1. The highest BCUT2D eigenvalue weighted by Crippen LogP contribution is 2.31. The van der Waals surface area contributed by atoms with Crippen LogP contribution in [0.1, 0.15) is 61.6 Å². The van der Waals surface area contributed by atoms with Crippen molar-refractivity contribution in [3.63, 3.8) is 0 Å². The molecule has 0 aromatic heterocycles. The zero-order valence-electron chi connectivity index (χ0n) is 25.3. The van der Waals surface area contributed by atoms with Crippen molar-refractivity contribution >= 4 is 50.7 Å². The van der Waals surface area contributed by atoms with Crippen LogP contribution in [0, 0.1) is 6.92 Å². The van der Waals surface area contributed by atoms with Gasteiger partial charge >= 0.3 is 0 Å². The summed E-state index contributed by atoms with van der Waals surface area (Å²) in [7, 11) is -3.71. The topological polar surface area (TPSA) is 86.8 Å². The molecule has 0 heterocycles. The number of aryl methyl sites for hydroxylation is 1. The Bertz CT molecular complexity index is 1530. The fourth-order valence-corrected chi connectivity index (χ4v) is 7.17. The van der Waals surface area contributed by atoms with E-state index in [1.807, 2.05) is 61.5 Å². The summed E-state index contributed by atoms with van der Waals surface area (Å²) in [5, 5.41) is 3.85. The molecule has 4 rings (SSSR count). The van der Waals surface area contributed by atoms with Gasteiger partial charge in [-0.05, 0) is 55.5 Å². The van der Waals surface area contributed by atoms with Crippen molar-refractivity contribution in [3.8, 4) is 0 Å². The summed E-state index contributed by atoms with van der Waals surface area (Å²) in [4.78, 5) is 29.7. The maximum atomic E-state index is 14.1. The molecule has 7 nitrogen and oxygen atoms in total. The Balaban J connectivity index is 1.60. The summed E-state index contributed by atoms with van der Waals surface area (Å²) >= 11 is 12.5. The number of nitrogens with zero attached hydrogens (tertiary/aromatic N) is 2. The quantitative estimate of drug-likeness (QED) is 0.216. The highest BCUT2D eigenvalue weighted by atomic mass is 35.5. The van der Waals surface area contributed by atoms with Gasteiger partial charge in [0.05, 0.1) is 17.0 Å². The minimum Gasteiger partial charge on any atom is -0.352 e. The van der Waals surface area contributed by atoms with E-state index in [1.165, 1.54) is 16.8 Å². The van der Waals surface area contributed by atoms with E-state index in [4.69, 9.17) is 23.2 Å². The Morgan fingerprint density at radius 2 is 1.64 bits per heavy atom. The van der Waals surface area contributed by atoms with Crippen molar-refractivity contribution in [2.24, 2.45) is 0 Å². The lowest BCUT2D eigenvalue weighted by molar-refractivity contribution is -0.141. The number of halogens is 2. The average molecular weight is 659 g/mol. The third-order valence-corrected chi connectivity index (χ3v) is 9.72. The molecular weight excluding hydrogens is 617 g/mol. The Kier molecular flexibility index (Phi) is 12.1. The minimum atomic E-state index is -3.71. The third-order valence-electron chi connectivity index (χ3n) is 7.99. The van der Waals surface area contributed by atoms with E-state index in [9.17, 15) is 18.0 Å². The van der Waals surface area contributed by atoms with Gasteiger partial charge in [0.1, 0.15) is 6.04 Å². The molecule has 0 unspecified atom stereocenters. The largest absolute Gasteiger partial charge is 0.352 e. The number of rotatable bonds is 13. The molecule has 2 amide bonds. The van der Waals surface area contributed by atoms with Crippen molar-refractivity contribution in [2.75, 3.05) is 17.1 Å². The maximum Gasteiger partial charge on any atom is 0.243 e. The van der Waals surface area contributed by atoms with Crippen molar-refractivity contribution in [1.29, 1.82) is 0 Å². The summed E-state index contributed by atoms with van der Waals surface area (Å²) in [6.45, 7) is 2.28. The van der Waals surface area contributed by atoms with E-state index in [0.29, 0.717) is 11.4 Å². The number of carbonyl (C=O) groups is 2. The van der Waals surface area contributed by atoms with E-state index < -0.39 is 16.1 Å². The summed E-state index contributed by atoms with van der Waals surface area (Å²) < 4.78 is 26.7. The molecular formula is C34H41Cl2N3O4S. The van der Waals surface area contributed by atoms with Crippen LogP contribution >= 0.6 is 23.2 Å².